The molecule has 0 bridgehead atoms. The molecule has 12 rings (SSSR count). The number of benzene rings is 4. The zero-order chi connectivity index (χ0) is 71.9. The minimum atomic E-state index is -0.500. The van der Waals surface area contributed by atoms with Gasteiger partial charge in [-0.25, -0.2) is 19.2 Å². The Kier molecular flexibility index (Phi) is 20.0. The molecule has 0 radical (unpaired) electrons. The highest BCUT2D eigenvalue weighted by molar-refractivity contribution is 5.51. The number of hydrogen-bond acceptors (Lipinski definition) is 29. The van der Waals surface area contributed by atoms with Gasteiger partial charge < -0.3 is 23.7 Å². The Labute approximate surface area is 548 Å². The van der Waals surface area contributed by atoms with E-state index in [1.165, 1.54) is 34.3 Å². The summed E-state index contributed by atoms with van der Waals surface area (Å²) in [5.74, 6) is 5.67. The molecule has 0 amide bonds. The summed E-state index contributed by atoms with van der Waals surface area (Å²) in [6.07, 6.45) is 6.97. The van der Waals surface area contributed by atoms with Crippen LogP contribution in [-0.4, -0.2) is 147 Å². The third kappa shape index (κ3) is 15.5. The Morgan fingerprint density at radius 2 is 0.771 bits per heavy atom. The summed E-state index contributed by atoms with van der Waals surface area (Å²) in [4.78, 5) is 48.4. The molecule has 4 aromatic carbocycles. The average molecular weight is 1310 g/mol. The molecule has 12 aromatic rings. The molecule has 37 heteroatoms. The molecule has 490 valence electrons. The maximum Gasteiger partial charge on any atom is 0.369 e. The number of hydrogen-bond donors (Lipinski definition) is 0. The lowest BCUT2D eigenvalue weighted by atomic mass is 10.2. The quantitative estimate of drug-likeness (QED) is 0.103. The number of para-hydroxylation sites is 4. The lowest BCUT2D eigenvalue weighted by Crippen LogP contribution is -2.25. The number of terminal acetylenes is 1. The van der Waals surface area contributed by atoms with Crippen LogP contribution in [0, 0.1) is 47.0 Å². The molecule has 0 saturated carbocycles. The van der Waals surface area contributed by atoms with Crippen LogP contribution in [0.5, 0.6) is 28.9 Å². The standard InChI is InChI=1S/C15H17N7O3.C15H15N7O2.C15H13N7O2.C14H15N7O2/c1-4-24-14-11(9-25-12-8-6-5-7-10(12)2)13(16-18-17-14)22-15(23)21(3)19-20-22;2*1-4-12-11(9-24-13-8-6-5-7-10(13)2)14(17-18-16-12)22-15(23)21(3)19-20-22;1-9-6-4-5-7-12(9)23-8-11-10(2)15-17-16-13(11)21-14(22)20(3)18-19-21/h5-8H,4,9H2,1-3H3;4-8H,1,9H2,2-3H3;1,5-8H,9H2,2-3H3;4-7H,8H2,1-3H3/i3*5T;4T. The Bertz CT molecular complexity index is 5250. The van der Waals surface area contributed by atoms with Gasteiger partial charge in [0, 0.05) is 28.2 Å². The molecule has 0 aliphatic rings. The first-order chi connectivity index (χ1) is 48.0. The lowest BCUT2D eigenvalue weighted by molar-refractivity contribution is 0.274. The summed E-state index contributed by atoms with van der Waals surface area (Å²) >= 11 is 0. The fourth-order valence-corrected chi connectivity index (χ4v) is 8.23. The maximum absolute atomic E-state index is 12.2. The zero-order valence-corrected chi connectivity index (χ0v) is 53.0. The number of aryl methyl sites for hydroxylation is 9. The van der Waals surface area contributed by atoms with E-state index in [0.717, 1.165) is 59.7 Å². The summed E-state index contributed by atoms with van der Waals surface area (Å²) in [6.45, 7) is 15.2. The lowest BCUT2D eigenvalue weighted by Gasteiger charge is -2.13. The molecule has 8 heterocycles. The molecular formula is C59H60N28O9. The first-order valence-corrected chi connectivity index (χ1v) is 28.4. The highest BCUT2D eigenvalue weighted by Crippen LogP contribution is 2.26. The summed E-state index contributed by atoms with van der Waals surface area (Å²) in [6, 6.07) is 21.7. The van der Waals surface area contributed by atoms with Gasteiger partial charge in [-0.15, -0.1) is 60.8 Å². The molecule has 8 aromatic heterocycles. The second-order valence-electron chi connectivity index (χ2n) is 19.9. The minimum Gasteiger partial charge on any atom is -0.488 e. The van der Waals surface area contributed by atoms with E-state index in [-0.39, 0.29) is 61.3 Å². The number of rotatable bonds is 19. The summed E-state index contributed by atoms with van der Waals surface area (Å²) in [5.41, 5.74) is 4.46. The Balaban J connectivity index is 0.000000156. The number of ether oxygens (including phenoxy) is 5. The molecule has 0 atom stereocenters. The summed E-state index contributed by atoms with van der Waals surface area (Å²) in [5, 5.41) is 75.3. The van der Waals surface area contributed by atoms with E-state index in [9.17, 15) is 19.2 Å². The van der Waals surface area contributed by atoms with Crippen LogP contribution < -0.4 is 46.4 Å². The van der Waals surface area contributed by atoms with Gasteiger partial charge in [0.2, 0.25) is 5.88 Å². The van der Waals surface area contributed by atoms with Crippen molar-refractivity contribution in [1.82, 2.24) is 141 Å². The highest BCUT2D eigenvalue weighted by atomic mass is 16.5. The third-order valence-electron chi connectivity index (χ3n) is 13.4. The molecule has 0 unspecified atom stereocenters. The SMILES string of the molecule is [3H]c1ccc(OCc2c(C#C)nnnc2-n2nnn(C)c2=O)c(C)c1.[3H]c1ccc(OCc2c(C)nnnc2-n2nnn(C)c2=O)c(C)c1.[3H]c1ccc(OCc2c(C=C)nnnc2-n2nnn(C)c2=O)c(C)c1.[3H]c1ccc(OCc2c(OCC)nnnc2-n2nnn(C)c2=O)c(C)c1. The van der Waals surface area contributed by atoms with Gasteiger partial charge in [-0.05, 0) is 163 Å². The second-order valence-corrected chi connectivity index (χ2v) is 19.9. The van der Waals surface area contributed by atoms with Crippen molar-refractivity contribution in [2.75, 3.05) is 6.61 Å². The zero-order valence-electron chi connectivity index (χ0n) is 57.0. The van der Waals surface area contributed by atoms with E-state index in [1.54, 1.807) is 86.6 Å². The smallest absolute Gasteiger partial charge is 0.369 e. The van der Waals surface area contributed by atoms with Crippen LogP contribution in [0.3, 0.4) is 0 Å². The van der Waals surface area contributed by atoms with Gasteiger partial charge in [0.1, 0.15) is 55.1 Å². The van der Waals surface area contributed by atoms with Gasteiger partial charge in [-0.2, -0.15) is 18.7 Å². The van der Waals surface area contributed by atoms with E-state index in [0.29, 0.717) is 87.4 Å². The van der Waals surface area contributed by atoms with Crippen molar-refractivity contribution >= 4 is 6.08 Å². The van der Waals surface area contributed by atoms with E-state index in [4.69, 9.17) is 35.6 Å². The Morgan fingerprint density at radius 1 is 0.438 bits per heavy atom. The first-order valence-electron chi connectivity index (χ1n) is 30.4. The summed E-state index contributed by atoms with van der Waals surface area (Å²) < 4.78 is 67.5. The predicted molar refractivity (Wildman–Crippen MR) is 336 cm³/mol. The van der Waals surface area contributed by atoms with Crippen LogP contribution in [0.2, 0.25) is 0 Å². The number of tetrazole rings is 4. The van der Waals surface area contributed by atoms with Crippen LogP contribution in [0.4, 0.5) is 0 Å². The van der Waals surface area contributed by atoms with E-state index >= 15 is 0 Å². The largest absolute Gasteiger partial charge is 0.488 e. The topological polar surface area (TPSA) is 412 Å². The highest BCUT2D eigenvalue weighted by Gasteiger charge is 2.23. The number of aromatic nitrogens is 28. The molecular weight excluding hydrogens is 1240 g/mol. The molecule has 96 heavy (non-hydrogen) atoms. The fourth-order valence-electron chi connectivity index (χ4n) is 8.23. The number of nitrogens with zero attached hydrogens (tertiary/aromatic N) is 28. The van der Waals surface area contributed by atoms with Crippen LogP contribution >= 0.6 is 0 Å². The summed E-state index contributed by atoms with van der Waals surface area (Å²) in [7, 11) is 5.92. The fraction of sp³-hybridized carbons (Fsp3) is 0.254. The van der Waals surface area contributed by atoms with Crippen LogP contribution in [-0.2, 0) is 54.6 Å². The van der Waals surface area contributed by atoms with Crippen molar-refractivity contribution in [2.24, 2.45) is 28.2 Å². The molecule has 37 nitrogen and oxygen atoms in total. The molecule has 0 fully saturated rings. The van der Waals surface area contributed by atoms with Crippen molar-refractivity contribution < 1.29 is 29.2 Å². The third-order valence-corrected chi connectivity index (χ3v) is 13.4. The van der Waals surface area contributed by atoms with Crippen molar-refractivity contribution in [3.8, 4) is 64.5 Å². The monoisotopic (exact) mass is 1310 g/mol. The van der Waals surface area contributed by atoms with Crippen molar-refractivity contribution in [1.29, 1.82) is 0 Å². The van der Waals surface area contributed by atoms with Crippen molar-refractivity contribution in [3.63, 3.8) is 0 Å². The van der Waals surface area contributed by atoms with Gasteiger partial charge >= 0.3 is 22.8 Å². The molecule has 0 saturated heterocycles. The van der Waals surface area contributed by atoms with Crippen LogP contribution in [0.1, 0.15) is 74.0 Å². The van der Waals surface area contributed by atoms with Crippen molar-refractivity contribution in [3.05, 3.63) is 207 Å². The molecule has 0 N–H and O–H groups in total. The molecule has 0 aliphatic carbocycles. The van der Waals surface area contributed by atoms with E-state index < -0.39 is 22.8 Å². The van der Waals surface area contributed by atoms with Gasteiger partial charge in [0.15, 0.2) is 23.3 Å². The van der Waals surface area contributed by atoms with Crippen LogP contribution in [0.15, 0.2) is 123 Å². The predicted octanol–water partition coefficient (Wildman–Crippen LogP) is 1.49. The van der Waals surface area contributed by atoms with E-state index in [2.05, 4.69) is 116 Å². The first kappa shape index (κ1) is 61.6. The Hall–Kier alpha value is -13.3. The van der Waals surface area contributed by atoms with Crippen LogP contribution in [0.25, 0.3) is 29.3 Å². The molecule has 0 spiro atoms. The Morgan fingerprint density at radius 3 is 1.14 bits per heavy atom. The van der Waals surface area contributed by atoms with E-state index in [1.807, 2.05) is 27.7 Å². The maximum atomic E-state index is 12.2. The van der Waals surface area contributed by atoms with Gasteiger partial charge in [0.25, 0.3) is 0 Å². The van der Waals surface area contributed by atoms with Crippen molar-refractivity contribution in [2.45, 2.75) is 68.0 Å². The normalized spacial score (nSPS) is 11.2. The van der Waals surface area contributed by atoms with Gasteiger partial charge in [-0.3, -0.25) is 0 Å². The van der Waals surface area contributed by atoms with Gasteiger partial charge in [0.05, 0.1) is 45.7 Å². The minimum absolute atomic E-state index is 0.00140. The molecule has 0 aliphatic heterocycles. The average Bonchev–Trinajstić information content (AvgIpc) is 1.58. The second kappa shape index (κ2) is 31.1. The van der Waals surface area contributed by atoms with Gasteiger partial charge in [-0.1, -0.05) is 84.4 Å².